The Kier molecular flexibility index (Phi) is 17.4. The second kappa shape index (κ2) is 26.1. The van der Waals surface area contributed by atoms with Crippen molar-refractivity contribution in [1.29, 1.82) is 0 Å². The van der Waals surface area contributed by atoms with Gasteiger partial charge in [0.1, 0.15) is 24.7 Å². The van der Waals surface area contributed by atoms with E-state index in [2.05, 4.69) is 60.0 Å². The molecular formula is C78H67BF2N4O8. The highest BCUT2D eigenvalue weighted by atomic mass is 19.2. The van der Waals surface area contributed by atoms with E-state index in [1.54, 1.807) is 83.1 Å². The van der Waals surface area contributed by atoms with Crippen molar-refractivity contribution in [2.75, 3.05) is 9.80 Å². The van der Waals surface area contributed by atoms with Crippen LogP contribution >= 0.6 is 0 Å². The van der Waals surface area contributed by atoms with Gasteiger partial charge in [-0.1, -0.05) is 146 Å². The topological polar surface area (TPSA) is 141 Å². The number of ether oxygens (including phenoxy) is 3. The van der Waals surface area contributed by atoms with Gasteiger partial charge in [0, 0.05) is 51.3 Å². The molecule has 1 aromatic heterocycles. The Morgan fingerprint density at radius 2 is 1.14 bits per heavy atom. The number of rotatable bonds is 19. The zero-order valence-corrected chi connectivity index (χ0v) is 52.5. The van der Waals surface area contributed by atoms with Crippen LogP contribution in [0, 0.1) is 27.7 Å². The maximum atomic E-state index is 17.2. The number of amides is 2. The molecule has 15 heteroatoms. The number of nitrogens with two attached hydrogens (primary N) is 1. The van der Waals surface area contributed by atoms with Crippen LogP contribution in [0.25, 0.3) is 27.5 Å². The van der Waals surface area contributed by atoms with Crippen molar-refractivity contribution in [3.8, 4) is 16.9 Å². The number of benzene rings is 9. The fourth-order valence-corrected chi connectivity index (χ4v) is 13.1. The lowest BCUT2D eigenvalue weighted by Gasteiger charge is -2.36. The summed E-state index contributed by atoms with van der Waals surface area (Å²) in [6.45, 7) is 9.25. The van der Waals surface area contributed by atoms with E-state index in [1.807, 2.05) is 115 Å². The number of aromatic nitrogens is 1. The maximum absolute atomic E-state index is 17.2. The zero-order valence-electron chi connectivity index (χ0n) is 52.5. The third-order valence-electron chi connectivity index (χ3n) is 17.4. The summed E-state index contributed by atoms with van der Waals surface area (Å²) in [7, 11) is 0. The van der Waals surface area contributed by atoms with Crippen molar-refractivity contribution >= 4 is 75.8 Å². The normalized spacial score (nSPS) is 13.5. The molecular weight excluding hydrogens is 1170 g/mol. The van der Waals surface area contributed by atoms with Crippen molar-refractivity contribution in [2.45, 2.75) is 74.0 Å². The third-order valence-corrected chi connectivity index (χ3v) is 17.4. The number of nitrogens with zero attached hydrogens (tertiary/aromatic N) is 3. The molecule has 2 aliphatic heterocycles. The minimum atomic E-state index is -4.58. The predicted octanol–water partition coefficient (Wildman–Crippen LogP) is 16.3. The molecule has 0 saturated heterocycles. The van der Waals surface area contributed by atoms with Gasteiger partial charge in [-0.05, 0) is 194 Å². The quantitative estimate of drug-likeness (QED) is 0.0209. The smallest absolute Gasteiger partial charge is 0.457 e. The number of allylic oxidation sites excluding steroid dienone is 1. The molecule has 12 rings (SSSR count). The summed E-state index contributed by atoms with van der Waals surface area (Å²) >= 11 is 0. The van der Waals surface area contributed by atoms with Crippen molar-refractivity contribution < 1.29 is 52.0 Å². The number of halogens is 2. The van der Waals surface area contributed by atoms with E-state index in [1.165, 1.54) is 11.8 Å². The summed E-state index contributed by atoms with van der Waals surface area (Å²) in [6, 6.07) is 66.6. The molecule has 2 amide bonds. The first-order valence-corrected chi connectivity index (χ1v) is 30.9. The lowest BCUT2D eigenvalue weighted by atomic mass is 9.80. The molecule has 0 spiro atoms. The molecule has 2 aliphatic rings. The number of imide groups is 1. The van der Waals surface area contributed by atoms with Gasteiger partial charge in [-0.2, -0.15) is 0 Å². The highest BCUT2D eigenvalue weighted by Gasteiger charge is 2.49. The minimum absolute atomic E-state index is 0.00363. The van der Waals surface area contributed by atoms with Gasteiger partial charge in [0.15, 0.2) is 0 Å². The summed E-state index contributed by atoms with van der Waals surface area (Å²) in [6.07, 6.45) is 0.935. The number of quaternary nitrogens is 1. The molecule has 93 heavy (non-hydrogen) atoms. The maximum Gasteiger partial charge on any atom is 0.662 e. The second-order valence-corrected chi connectivity index (χ2v) is 23.7. The molecule has 10 aromatic rings. The lowest BCUT2D eigenvalue weighted by Crippen LogP contribution is -2.99. The van der Waals surface area contributed by atoms with Crippen LogP contribution in [0.2, 0.25) is 0 Å². The highest BCUT2D eigenvalue weighted by molar-refractivity contribution is 6.56. The molecule has 0 atom stereocenters. The Morgan fingerprint density at radius 3 is 1.72 bits per heavy atom. The van der Waals surface area contributed by atoms with Crippen LogP contribution in [0.3, 0.4) is 0 Å². The average molecular weight is 1240 g/mol. The van der Waals surface area contributed by atoms with Crippen LogP contribution in [0.4, 0.5) is 31.4 Å². The number of fused-ring (bicyclic) bond motifs is 1. The van der Waals surface area contributed by atoms with Gasteiger partial charge in [0.25, 0.3) is 11.8 Å². The SMILES string of the molecule is C=C(C)/C(C(=O)OCc1ccccc1)=C(/C)C1=C(c2c(C)cc(OC(=O)CCCc3ccc(N4C(=O)c5cccc6c(-c7ccc(N(c8ccccc8)c8ccccc8)cc7)ccc(c56)C4=O)cc3)cc2C)c2c(C)c(C(=O)OCc3ccccc3)c(C)n2[B-](F)(F)[NH2+]1. The number of carbonyl (C=O) groups is 5. The van der Waals surface area contributed by atoms with E-state index in [4.69, 9.17) is 14.2 Å². The fourth-order valence-electron chi connectivity index (χ4n) is 13.1. The molecule has 3 heterocycles. The molecule has 0 bridgehead atoms. The van der Waals surface area contributed by atoms with E-state index in [0.29, 0.717) is 62.9 Å². The van der Waals surface area contributed by atoms with E-state index < -0.39 is 36.7 Å². The number of anilines is 4. The number of esters is 3. The van der Waals surface area contributed by atoms with E-state index in [0.717, 1.165) is 60.0 Å². The average Bonchev–Trinajstić information content (AvgIpc) is 1.66. The Balaban J connectivity index is 0.761. The fraction of sp³-hybridized carbons (Fsp3) is 0.141. The van der Waals surface area contributed by atoms with E-state index in [9.17, 15) is 24.0 Å². The van der Waals surface area contributed by atoms with Crippen molar-refractivity contribution in [3.63, 3.8) is 0 Å². The van der Waals surface area contributed by atoms with Crippen LogP contribution in [0.5, 0.6) is 5.75 Å². The summed E-state index contributed by atoms with van der Waals surface area (Å²) in [5, 5.41) is 2.27. The van der Waals surface area contributed by atoms with Crippen LogP contribution in [0.1, 0.15) is 108 Å². The van der Waals surface area contributed by atoms with Gasteiger partial charge in [0.2, 0.25) is 0 Å². The van der Waals surface area contributed by atoms with Gasteiger partial charge in [-0.3, -0.25) is 14.4 Å². The van der Waals surface area contributed by atoms with Gasteiger partial charge in [0.05, 0.1) is 22.4 Å². The molecule has 0 unspecified atom stereocenters. The first-order chi connectivity index (χ1) is 44.9. The summed E-state index contributed by atoms with van der Waals surface area (Å²) < 4.78 is 52.8. The molecule has 0 radical (unpaired) electrons. The largest absolute Gasteiger partial charge is 0.662 e. The molecule has 2 N–H and O–H groups in total. The zero-order chi connectivity index (χ0) is 65.2. The Morgan fingerprint density at radius 1 is 0.602 bits per heavy atom. The lowest BCUT2D eigenvalue weighted by molar-refractivity contribution is -0.497. The number of aryl methyl sites for hydroxylation is 3. The molecule has 9 aromatic carbocycles. The molecule has 0 fully saturated rings. The van der Waals surface area contributed by atoms with E-state index >= 15 is 8.63 Å². The summed E-state index contributed by atoms with van der Waals surface area (Å²) in [4.78, 5) is 74.0. The molecule has 464 valence electrons. The van der Waals surface area contributed by atoms with Crippen molar-refractivity contribution in [3.05, 3.63) is 308 Å². The first kappa shape index (κ1) is 62.2. The van der Waals surface area contributed by atoms with Gasteiger partial charge in [-0.25, -0.2) is 14.5 Å². The monoisotopic (exact) mass is 1240 g/mol. The minimum Gasteiger partial charge on any atom is -0.457 e. The number of carbonyl (C=O) groups excluding carboxylic acids is 5. The summed E-state index contributed by atoms with van der Waals surface area (Å²) in [5.41, 5.74) is 11.4. The van der Waals surface area contributed by atoms with Gasteiger partial charge in [-0.15, -0.1) is 0 Å². The predicted molar refractivity (Wildman–Crippen MR) is 361 cm³/mol. The second-order valence-electron chi connectivity index (χ2n) is 23.7. The molecule has 0 aliphatic carbocycles. The number of para-hydroxylation sites is 2. The highest BCUT2D eigenvalue weighted by Crippen LogP contribution is 2.44. The number of hydrogen-bond donors (Lipinski definition) is 1. The summed E-state index contributed by atoms with van der Waals surface area (Å²) in [5.74, 6) is -2.63. The standard InChI is InChI=1S/C78H67BF2N4O8/c1-48(2)68(77(89)91-46-55-22-12-8-13-23-55)51(5)73-72(74-52(6)70(53(7)85(74)79(80,81)82-73)78(90)92-47-56-24-14-9-15-25-56)69-49(3)44-62(45-50(69)4)93-67(86)33-20-26-54-34-38-61(39-35-54)84-75(87)65-32-21-31-64-63(42-43-66(71(64)65)76(84)88)57-36-40-60(41-37-57)83(58-27-16-10-17-28-58)59-29-18-11-19-30-59/h8-19,21-25,27-32,34-45H,1,20,26,33,46-47,82H2,2-7H3/b68-51+. The van der Waals surface area contributed by atoms with Crippen LogP contribution in [0.15, 0.2) is 241 Å². The van der Waals surface area contributed by atoms with Gasteiger partial charge < -0.3 is 37.4 Å². The number of hydrogen-bond acceptors (Lipinski definition) is 9. The van der Waals surface area contributed by atoms with Crippen LogP contribution in [-0.4, -0.2) is 41.2 Å². The van der Waals surface area contributed by atoms with Gasteiger partial charge >= 0.3 is 24.9 Å². The van der Waals surface area contributed by atoms with Crippen molar-refractivity contribution in [1.82, 2.24) is 4.48 Å². The van der Waals surface area contributed by atoms with Crippen molar-refractivity contribution in [2.24, 2.45) is 0 Å². The Labute approximate surface area is 538 Å². The molecule has 12 nitrogen and oxygen atoms in total. The van der Waals surface area contributed by atoms with Crippen LogP contribution < -0.4 is 19.8 Å². The third kappa shape index (κ3) is 12.3. The first-order valence-electron chi connectivity index (χ1n) is 30.9. The van der Waals surface area contributed by atoms with Crippen LogP contribution in [-0.2, 0) is 38.7 Å². The van der Waals surface area contributed by atoms with E-state index in [-0.39, 0.29) is 64.7 Å². The molecule has 0 saturated carbocycles. The Hall–Kier alpha value is -11.0. The Bertz CT molecular complexity index is 4600.